The molecule has 3 aromatic rings. The van der Waals surface area contributed by atoms with E-state index in [2.05, 4.69) is 13.8 Å². The first-order chi connectivity index (χ1) is 22.1. The van der Waals surface area contributed by atoms with Crippen LogP contribution in [0.25, 0.3) is 0 Å². The van der Waals surface area contributed by atoms with E-state index < -0.39 is 21.8 Å². The average molecular weight is 631 g/mol. The van der Waals surface area contributed by atoms with E-state index in [-0.39, 0.29) is 35.7 Å². The third-order valence-electron chi connectivity index (χ3n) is 8.57. The van der Waals surface area contributed by atoms with Gasteiger partial charge in [0.25, 0.3) is 11.4 Å². The predicted octanol–water partition coefficient (Wildman–Crippen LogP) is 6.69. The van der Waals surface area contributed by atoms with Gasteiger partial charge in [-0.3, -0.25) is 20.2 Å². The van der Waals surface area contributed by atoms with Gasteiger partial charge in [-0.15, -0.1) is 0 Å². The van der Waals surface area contributed by atoms with Crippen molar-refractivity contribution in [3.63, 3.8) is 0 Å². The number of anilines is 2. The third kappa shape index (κ3) is 7.79. The molecule has 2 atom stereocenters. The number of carbonyl (C=O) groups is 2. The maximum Gasteiger partial charge on any atom is 0.338 e. The molecule has 0 aromatic heterocycles. The predicted molar refractivity (Wildman–Crippen MR) is 172 cm³/mol. The molecular weight excluding hydrogens is 592 g/mol. The van der Waals surface area contributed by atoms with Crippen LogP contribution in [0, 0.1) is 32.1 Å². The van der Waals surface area contributed by atoms with E-state index >= 15 is 0 Å². The van der Waals surface area contributed by atoms with Gasteiger partial charge >= 0.3 is 11.9 Å². The van der Waals surface area contributed by atoms with E-state index in [1.807, 2.05) is 9.80 Å². The Morgan fingerprint density at radius 2 is 1.09 bits per heavy atom. The van der Waals surface area contributed by atoms with Crippen molar-refractivity contribution in [2.75, 3.05) is 36.0 Å². The number of nitrogens with zero attached hydrogens (tertiary/aromatic N) is 4. The van der Waals surface area contributed by atoms with Crippen molar-refractivity contribution < 1.29 is 28.9 Å². The van der Waals surface area contributed by atoms with E-state index in [1.165, 1.54) is 12.1 Å². The third-order valence-corrected chi connectivity index (χ3v) is 8.57. The molecule has 12 nitrogen and oxygen atoms in total. The number of hydrogen-bond acceptors (Lipinski definition) is 10. The zero-order valence-corrected chi connectivity index (χ0v) is 26.1. The van der Waals surface area contributed by atoms with Crippen LogP contribution in [0.4, 0.5) is 22.7 Å². The van der Waals surface area contributed by atoms with E-state index in [0.717, 1.165) is 51.9 Å². The van der Waals surface area contributed by atoms with E-state index in [1.54, 1.807) is 48.5 Å². The van der Waals surface area contributed by atoms with Gasteiger partial charge in [-0.05, 0) is 72.9 Å². The number of piperidine rings is 2. The van der Waals surface area contributed by atoms with Crippen LogP contribution in [0.5, 0.6) is 0 Å². The second kappa shape index (κ2) is 14.4. The Labute approximate surface area is 267 Å². The summed E-state index contributed by atoms with van der Waals surface area (Å²) in [7, 11) is 0. The summed E-state index contributed by atoms with van der Waals surface area (Å²) < 4.78 is 10.8. The quantitative estimate of drug-likeness (QED) is 0.135. The molecule has 0 saturated carbocycles. The molecule has 242 valence electrons. The molecule has 2 heterocycles. The van der Waals surface area contributed by atoms with Crippen molar-refractivity contribution in [1.82, 2.24) is 0 Å². The number of hydrogen-bond donors (Lipinski definition) is 0. The maximum absolute atomic E-state index is 12.7. The smallest absolute Gasteiger partial charge is 0.338 e. The fourth-order valence-corrected chi connectivity index (χ4v) is 6.14. The molecule has 0 radical (unpaired) electrons. The number of ether oxygens (including phenoxy) is 2. The lowest BCUT2D eigenvalue weighted by Crippen LogP contribution is -2.34. The van der Waals surface area contributed by atoms with Crippen LogP contribution in [0.15, 0.2) is 60.7 Å². The minimum atomic E-state index is -0.672. The molecule has 0 N–H and O–H groups in total. The number of rotatable bonds is 10. The van der Waals surface area contributed by atoms with Gasteiger partial charge in [-0.1, -0.05) is 38.1 Å². The van der Waals surface area contributed by atoms with Crippen molar-refractivity contribution in [1.29, 1.82) is 0 Å². The summed E-state index contributed by atoms with van der Waals surface area (Å²) in [6.07, 6.45) is 4.09. The number of esters is 2. The minimum Gasteiger partial charge on any atom is -0.457 e. The molecule has 2 aliphatic heterocycles. The van der Waals surface area contributed by atoms with Gasteiger partial charge in [0.1, 0.15) is 24.6 Å². The highest BCUT2D eigenvalue weighted by Gasteiger charge is 2.27. The molecule has 0 aliphatic carbocycles. The summed E-state index contributed by atoms with van der Waals surface area (Å²) >= 11 is 0. The fraction of sp³-hybridized carbons (Fsp3) is 0.412. The Morgan fingerprint density at radius 1 is 0.696 bits per heavy atom. The largest absolute Gasteiger partial charge is 0.457 e. The average Bonchev–Trinajstić information content (AvgIpc) is 3.06. The topological polar surface area (TPSA) is 145 Å². The number of nitro benzene ring substituents is 2. The van der Waals surface area contributed by atoms with Gasteiger partial charge in [0, 0.05) is 38.3 Å². The molecule has 2 fully saturated rings. The summed E-state index contributed by atoms with van der Waals surface area (Å²) in [4.78, 5) is 52.1. The lowest BCUT2D eigenvalue weighted by molar-refractivity contribution is -0.384. The standard InChI is InChI=1S/C34H38N4O8/c1-23-5-3-15-35(19-23)29-13-11-27(17-31(29)37(41)42)33(39)45-21-25-7-9-26(10-8-25)22-46-34(40)28-12-14-30(32(18-28)38(43)44)36-16-4-6-24(2)20-36/h7-14,17-18,23-24H,3-6,15-16,19-22H2,1-2H3. The van der Waals surface area contributed by atoms with Gasteiger partial charge in [-0.25, -0.2) is 9.59 Å². The normalized spacial score (nSPS) is 18.1. The van der Waals surface area contributed by atoms with Crippen molar-refractivity contribution in [3.05, 3.63) is 103 Å². The lowest BCUT2D eigenvalue weighted by Gasteiger charge is -2.32. The zero-order chi connectivity index (χ0) is 32.8. The summed E-state index contributed by atoms with van der Waals surface area (Å²) in [6, 6.07) is 15.8. The van der Waals surface area contributed by atoms with Crippen LogP contribution >= 0.6 is 0 Å². The SMILES string of the molecule is CC1CCCN(c2ccc(C(=O)OCc3ccc(COC(=O)c4ccc(N5CCCC(C)C5)c([N+](=O)[O-])c4)cc3)cc2[N+](=O)[O-])C1. The van der Waals surface area contributed by atoms with Gasteiger partial charge < -0.3 is 19.3 Å². The van der Waals surface area contributed by atoms with Crippen molar-refractivity contribution >= 4 is 34.7 Å². The first-order valence-electron chi connectivity index (χ1n) is 15.6. The highest BCUT2D eigenvalue weighted by atomic mass is 16.6. The summed E-state index contributed by atoms with van der Waals surface area (Å²) in [5.74, 6) is -0.471. The van der Waals surface area contributed by atoms with Crippen LogP contribution in [0.1, 0.15) is 71.4 Å². The van der Waals surface area contributed by atoms with E-state index in [9.17, 15) is 29.8 Å². The molecule has 0 spiro atoms. The van der Waals surface area contributed by atoms with Gasteiger partial charge in [0.05, 0.1) is 21.0 Å². The lowest BCUT2D eigenvalue weighted by atomic mass is 9.99. The van der Waals surface area contributed by atoms with Crippen LogP contribution in [-0.2, 0) is 22.7 Å². The van der Waals surface area contributed by atoms with Crippen molar-refractivity contribution in [2.45, 2.75) is 52.7 Å². The van der Waals surface area contributed by atoms with E-state index in [4.69, 9.17) is 9.47 Å². The highest BCUT2D eigenvalue weighted by Crippen LogP contribution is 2.34. The van der Waals surface area contributed by atoms with Crippen LogP contribution < -0.4 is 9.80 Å². The molecule has 2 aliphatic rings. The van der Waals surface area contributed by atoms with E-state index in [0.29, 0.717) is 34.3 Å². The van der Waals surface area contributed by atoms with Crippen molar-refractivity contribution in [3.8, 4) is 0 Å². The fourth-order valence-electron chi connectivity index (χ4n) is 6.14. The molecular formula is C34H38N4O8. The molecule has 3 aromatic carbocycles. The summed E-state index contributed by atoms with van der Waals surface area (Å²) in [5, 5.41) is 23.6. The number of carbonyl (C=O) groups excluding carboxylic acids is 2. The zero-order valence-electron chi connectivity index (χ0n) is 26.1. The monoisotopic (exact) mass is 630 g/mol. The van der Waals surface area contributed by atoms with Crippen LogP contribution in [-0.4, -0.2) is 48.0 Å². The molecule has 0 bridgehead atoms. The van der Waals surface area contributed by atoms with Gasteiger partial charge in [-0.2, -0.15) is 0 Å². The summed E-state index contributed by atoms with van der Waals surface area (Å²) in [5.41, 5.74) is 2.32. The number of benzene rings is 3. The molecule has 0 amide bonds. The Morgan fingerprint density at radius 3 is 1.43 bits per heavy atom. The molecule has 2 unspecified atom stereocenters. The van der Waals surface area contributed by atoms with Gasteiger partial charge in [0.2, 0.25) is 0 Å². The molecule has 12 heteroatoms. The second-order valence-electron chi connectivity index (χ2n) is 12.3. The second-order valence-corrected chi connectivity index (χ2v) is 12.3. The Kier molecular flexibility index (Phi) is 10.1. The van der Waals surface area contributed by atoms with Crippen LogP contribution in [0.2, 0.25) is 0 Å². The first kappa shape index (κ1) is 32.4. The Bertz CT molecular complexity index is 1490. The molecule has 5 rings (SSSR count). The van der Waals surface area contributed by atoms with Crippen molar-refractivity contribution in [2.24, 2.45) is 11.8 Å². The Hall–Kier alpha value is -5.00. The first-order valence-corrected chi connectivity index (χ1v) is 15.6. The Balaban J connectivity index is 1.15. The molecule has 46 heavy (non-hydrogen) atoms. The molecule has 2 saturated heterocycles. The van der Waals surface area contributed by atoms with Gasteiger partial charge in [0.15, 0.2) is 0 Å². The summed E-state index contributed by atoms with van der Waals surface area (Å²) in [6.45, 7) is 7.06. The minimum absolute atomic E-state index is 0.0517. The maximum atomic E-state index is 12.7. The highest BCUT2D eigenvalue weighted by molar-refractivity contribution is 5.92. The number of nitro groups is 2. The van der Waals surface area contributed by atoms with Crippen LogP contribution in [0.3, 0.4) is 0 Å².